The fraction of sp³-hybridized carbons (Fsp3) is 0.400. The smallest absolute Gasteiger partial charge is 0.394 e. The third-order valence-corrected chi connectivity index (χ3v) is 2.79. The molecule has 0 bridgehead atoms. The van der Waals surface area contributed by atoms with E-state index >= 15 is 0 Å². The van der Waals surface area contributed by atoms with E-state index in [-0.39, 0.29) is 29.3 Å². The molecule has 1 rings (SSSR count). The molecule has 0 aliphatic heterocycles. The topological polar surface area (TPSA) is 32.3 Å². The Morgan fingerprint density at radius 2 is 1.88 bits per heavy atom. The summed E-state index contributed by atoms with van der Waals surface area (Å²) < 4.78 is 36.1. The number of aliphatic hydroxyl groups is 1. The predicted molar refractivity (Wildman–Crippen MR) is 57.2 cm³/mol. The van der Waals surface area contributed by atoms with Gasteiger partial charge in [0.2, 0.25) is 0 Å². The van der Waals surface area contributed by atoms with Crippen LogP contribution in [0.5, 0.6) is 0 Å². The normalized spacial score (nSPS) is 13.8. The zero-order valence-corrected chi connectivity index (χ0v) is 9.40. The standard InChI is InChI=1S/C10H12F3NOS/c1-14-9(6-15)7-2-4-8(5-3-7)16-10(11,12)13/h2-5,9,14-15H,6H2,1H3. The molecular weight excluding hydrogens is 239 g/mol. The Labute approximate surface area is 95.9 Å². The summed E-state index contributed by atoms with van der Waals surface area (Å²) in [6.07, 6.45) is 0. The van der Waals surface area contributed by atoms with Gasteiger partial charge in [-0.25, -0.2) is 0 Å². The third-order valence-electron chi connectivity index (χ3n) is 2.05. The fourth-order valence-corrected chi connectivity index (χ4v) is 1.80. The molecular formula is C10H12F3NOS. The van der Waals surface area contributed by atoms with Crippen LogP contribution in [0, 0.1) is 0 Å². The van der Waals surface area contributed by atoms with Gasteiger partial charge in [0.15, 0.2) is 0 Å². The minimum atomic E-state index is -4.26. The maximum Gasteiger partial charge on any atom is 0.446 e. The van der Waals surface area contributed by atoms with Crippen molar-refractivity contribution in [2.75, 3.05) is 13.7 Å². The van der Waals surface area contributed by atoms with Crippen molar-refractivity contribution >= 4 is 11.8 Å². The molecule has 0 heterocycles. The van der Waals surface area contributed by atoms with Crippen LogP contribution in [0.25, 0.3) is 0 Å². The first-order valence-electron chi connectivity index (χ1n) is 4.60. The van der Waals surface area contributed by atoms with E-state index in [0.29, 0.717) is 0 Å². The van der Waals surface area contributed by atoms with E-state index in [0.717, 1.165) is 5.56 Å². The Hall–Kier alpha value is -0.720. The van der Waals surface area contributed by atoms with E-state index in [1.165, 1.54) is 12.1 Å². The Morgan fingerprint density at radius 3 is 2.25 bits per heavy atom. The lowest BCUT2D eigenvalue weighted by Crippen LogP contribution is -2.19. The number of nitrogens with one attached hydrogen (secondary N) is 1. The van der Waals surface area contributed by atoms with E-state index in [1.807, 2.05) is 0 Å². The molecule has 1 aromatic carbocycles. The number of aliphatic hydroxyl groups excluding tert-OH is 1. The summed E-state index contributed by atoms with van der Waals surface area (Å²) in [4.78, 5) is 0.143. The largest absolute Gasteiger partial charge is 0.446 e. The molecule has 0 amide bonds. The SMILES string of the molecule is CNC(CO)c1ccc(SC(F)(F)F)cc1. The first-order chi connectivity index (χ1) is 7.46. The molecule has 2 nitrogen and oxygen atoms in total. The number of halogens is 3. The Kier molecular flexibility index (Phi) is 4.64. The van der Waals surface area contributed by atoms with Gasteiger partial charge in [0.05, 0.1) is 12.6 Å². The number of hydrogen-bond acceptors (Lipinski definition) is 3. The molecule has 0 saturated carbocycles. The van der Waals surface area contributed by atoms with Crippen LogP contribution in [0.1, 0.15) is 11.6 Å². The van der Waals surface area contributed by atoms with Crippen molar-refractivity contribution in [1.82, 2.24) is 5.32 Å². The van der Waals surface area contributed by atoms with Crippen molar-refractivity contribution in [3.05, 3.63) is 29.8 Å². The van der Waals surface area contributed by atoms with E-state index in [4.69, 9.17) is 5.11 Å². The molecule has 0 spiro atoms. The lowest BCUT2D eigenvalue weighted by molar-refractivity contribution is -0.0328. The highest BCUT2D eigenvalue weighted by molar-refractivity contribution is 8.00. The summed E-state index contributed by atoms with van der Waals surface area (Å²) in [5.41, 5.74) is -3.50. The van der Waals surface area contributed by atoms with Gasteiger partial charge in [-0.2, -0.15) is 13.2 Å². The quantitative estimate of drug-likeness (QED) is 0.807. The van der Waals surface area contributed by atoms with Crippen LogP contribution in [0.3, 0.4) is 0 Å². The van der Waals surface area contributed by atoms with Crippen molar-refractivity contribution in [2.24, 2.45) is 0 Å². The minimum absolute atomic E-state index is 0.0950. The number of alkyl halides is 3. The first kappa shape index (κ1) is 13.3. The molecule has 0 aliphatic carbocycles. The second-order valence-electron chi connectivity index (χ2n) is 3.14. The van der Waals surface area contributed by atoms with Gasteiger partial charge in [0.25, 0.3) is 0 Å². The van der Waals surface area contributed by atoms with Crippen LogP contribution in [0.2, 0.25) is 0 Å². The van der Waals surface area contributed by atoms with Gasteiger partial charge in [0, 0.05) is 4.90 Å². The monoisotopic (exact) mass is 251 g/mol. The fourth-order valence-electron chi connectivity index (χ4n) is 1.27. The molecule has 1 unspecified atom stereocenters. The molecule has 16 heavy (non-hydrogen) atoms. The van der Waals surface area contributed by atoms with Gasteiger partial charge < -0.3 is 10.4 Å². The summed E-state index contributed by atoms with van der Waals surface area (Å²) in [6, 6.07) is 5.70. The van der Waals surface area contributed by atoms with Crippen molar-refractivity contribution in [3.8, 4) is 0 Å². The molecule has 0 aromatic heterocycles. The molecule has 2 N–H and O–H groups in total. The molecule has 6 heteroatoms. The van der Waals surface area contributed by atoms with Crippen molar-refractivity contribution < 1.29 is 18.3 Å². The Balaban J connectivity index is 2.75. The average molecular weight is 251 g/mol. The Morgan fingerprint density at radius 1 is 1.31 bits per heavy atom. The van der Waals surface area contributed by atoms with Crippen LogP contribution in [-0.2, 0) is 0 Å². The highest BCUT2D eigenvalue weighted by atomic mass is 32.2. The predicted octanol–water partition coefficient (Wildman–Crippen LogP) is 2.55. The zero-order chi connectivity index (χ0) is 12.2. The van der Waals surface area contributed by atoms with E-state index in [9.17, 15) is 13.2 Å². The number of thioether (sulfide) groups is 1. The molecule has 0 fully saturated rings. The number of hydrogen-bond donors (Lipinski definition) is 2. The van der Waals surface area contributed by atoms with E-state index < -0.39 is 5.51 Å². The van der Waals surface area contributed by atoms with E-state index in [2.05, 4.69) is 5.32 Å². The first-order valence-corrected chi connectivity index (χ1v) is 5.41. The maximum atomic E-state index is 12.0. The number of rotatable bonds is 4. The summed E-state index contributed by atoms with van der Waals surface area (Å²) >= 11 is -0.147. The van der Waals surface area contributed by atoms with E-state index in [1.54, 1.807) is 19.2 Å². The lowest BCUT2D eigenvalue weighted by Gasteiger charge is -2.14. The van der Waals surface area contributed by atoms with Gasteiger partial charge in [0.1, 0.15) is 0 Å². The molecule has 90 valence electrons. The third kappa shape index (κ3) is 4.03. The highest BCUT2D eigenvalue weighted by Gasteiger charge is 2.29. The van der Waals surface area contributed by atoms with Gasteiger partial charge in [-0.05, 0) is 36.5 Å². The molecule has 0 saturated heterocycles. The molecule has 0 aliphatic rings. The van der Waals surface area contributed by atoms with Crippen molar-refractivity contribution in [3.63, 3.8) is 0 Å². The average Bonchev–Trinajstić information content (AvgIpc) is 2.20. The van der Waals surface area contributed by atoms with Crippen LogP contribution >= 0.6 is 11.8 Å². The van der Waals surface area contributed by atoms with Crippen LogP contribution in [-0.4, -0.2) is 24.3 Å². The summed E-state index contributed by atoms with van der Waals surface area (Å²) in [5, 5.41) is 11.8. The summed E-state index contributed by atoms with van der Waals surface area (Å²) in [5.74, 6) is 0. The number of benzene rings is 1. The minimum Gasteiger partial charge on any atom is -0.394 e. The lowest BCUT2D eigenvalue weighted by atomic mass is 10.1. The number of likely N-dealkylation sites (N-methyl/N-ethyl adjacent to an activating group) is 1. The van der Waals surface area contributed by atoms with Gasteiger partial charge in [-0.1, -0.05) is 12.1 Å². The molecule has 1 atom stereocenters. The van der Waals surface area contributed by atoms with Crippen LogP contribution < -0.4 is 5.32 Å². The zero-order valence-electron chi connectivity index (χ0n) is 8.58. The second-order valence-corrected chi connectivity index (χ2v) is 4.28. The van der Waals surface area contributed by atoms with Crippen molar-refractivity contribution in [2.45, 2.75) is 16.4 Å². The van der Waals surface area contributed by atoms with Crippen LogP contribution in [0.15, 0.2) is 29.2 Å². The van der Waals surface area contributed by atoms with Gasteiger partial charge in [-0.3, -0.25) is 0 Å². The van der Waals surface area contributed by atoms with Crippen molar-refractivity contribution in [1.29, 1.82) is 0 Å². The second kappa shape index (κ2) is 5.56. The highest BCUT2D eigenvalue weighted by Crippen LogP contribution is 2.36. The maximum absolute atomic E-state index is 12.0. The van der Waals surface area contributed by atoms with Gasteiger partial charge in [-0.15, -0.1) is 0 Å². The Bertz CT molecular complexity index is 322. The summed E-state index contributed by atoms with van der Waals surface area (Å²) in [6.45, 7) is -0.0950. The summed E-state index contributed by atoms with van der Waals surface area (Å²) in [7, 11) is 1.68. The van der Waals surface area contributed by atoms with Gasteiger partial charge >= 0.3 is 5.51 Å². The molecule has 0 radical (unpaired) electrons. The van der Waals surface area contributed by atoms with Crippen LogP contribution in [0.4, 0.5) is 13.2 Å². The molecule has 1 aromatic rings.